The van der Waals surface area contributed by atoms with Gasteiger partial charge in [0.25, 0.3) is 0 Å². The fraction of sp³-hybridized carbons (Fsp3) is 0.321. The number of hydrogen-bond donors (Lipinski definition) is 0. The van der Waals surface area contributed by atoms with E-state index in [9.17, 15) is 9.00 Å². The first kappa shape index (κ1) is 24.9. The van der Waals surface area contributed by atoms with Gasteiger partial charge in [0.15, 0.2) is 0 Å². The van der Waals surface area contributed by atoms with Crippen molar-refractivity contribution in [3.05, 3.63) is 77.8 Å². The molecular weight excluding hydrogens is 462 g/mol. The fourth-order valence-corrected chi connectivity index (χ4v) is 5.75. The molecule has 2 aromatic carbocycles. The summed E-state index contributed by atoms with van der Waals surface area (Å²) in [5, 5.41) is 0. The molecule has 0 spiro atoms. The van der Waals surface area contributed by atoms with E-state index >= 15 is 0 Å². The molecule has 0 saturated carbocycles. The predicted molar refractivity (Wildman–Crippen MR) is 138 cm³/mol. The molecule has 1 aliphatic heterocycles. The highest BCUT2D eigenvalue weighted by atomic mass is 32.2. The van der Waals surface area contributed by atoms with Gasteiger partial charge in [-0.2, -0.15) is 0 Å². The van der Waals surface area contributed by atoms with Crippen LogP contribution in [0.1, 0.15) is 40.7 Å². The molecule has 35 heavy (non-hydrogen) atoms. The summed E-state index contributed by atoms with van der Waals surface area (Å²) in [6.45, 7) is 3.15. The maximum atomic E-state index is 13.5. The fourth-order valence-electron chi connectivity index (χ4n) is 4.44. The molecule has 3 aromatic rings. The Morgan fingerprint density at radius 3 is 2.60 bits per heavy atom. The first-order valence-corrected chi connectivity index (χ1v) is 13.1. The Morgan fingerprint density at radius 1 is 1.09 bits per heavy atom. The summed E-state index contributed by atoms with van der Waals surface area (Å²) >= 11 is 0. The zero-order valence-corrected chi connectivity index (χ0v) is 21.0. The largest absolute Gasteiger partial charge is 0.495 e. The molecular formula is C28H31NO5S. The van der Waals surface area contributed by atoms with Gasteiger partial charge in [0.1, 0.15) is 11.3 Å². The van der Waals surface area contributed by atoms with E-state index in [1.807, 2.05) is 42.5 Å². The molecule has 184 valence electrons. The van der Waals surface area contributed by atoms with Crippen LogP contribution in [0.3, 0.4) is 0 Å². The number of nitrogens with zero attached hydrogens (tertiary/aromatic N) is 1. The van der Waals surface area contributed by atoms with Gasteiger partial charge in [-0.15, -0.1) is 0 Å². The third-order valence-electron chi connectivity index (χ3n) is 6.23. The van der Waals surface area contributed by atoms with Gasteiger partial charge in [-0.1, -0.05) is 48.9 Å². The van der Waals surface area contributed by atoms with Crippen molar-refractivity contribution in [2.45, 2.75) is 29.9 Å². The first-order valence-electron chi connectivity index (χ1n) is 11.8. The number of esters is 1. The van der Waals surface area contributed by atoms with Gasteiger partial charge >= 0.3 is 5.97 Å². The van der Waals surface area contributed by atoms with Crippen LogP contribution in [-0.2, 0) is 21.3 Å². The molecule has 1 aliphatic rings. The lowest BCUT2D eigenvalue weighted by Gasteiger charge is -2.24. The number of ether oxygens (including phenoxy) is 2. The number of benzene rings is 2. The SMILES string of the molecule is COC(=O)c1c(CS(=O)c2ccccc2/C=C\CN2CCCCC2)ccc(-c2ccoc2)c1OC. The Bertz CT molecular complexity index is 1200. The highest BCUT2D eigenvalue weighted by molar-refractivity contribution is 7.84. The molecule has 6 nitrogen and oxygen atoms in total. The highest BCUT2D eigenvalue weighted by Crippen LogP contribution is 2.37. The van der Waals surface area contributed by atoms with Gasteiger partial charge in [0, 0.05) is 22.6 Å². The normalized spacial score (nSPS) is 15.3. The number of furan rings is 1. The second kappa shape index (κ2) is 12.0. The van der Waals surface area contributed by atoms with Gasteiger partial charge in [-0.25, -0.2) is 4.79 Å². The Hall–Kier alpha value is -3.16. The number of piperidine rings is 1. The lowest BCUT2D eigenvalue weighted by molar-refractivity contribution is 0.0596. The van der Waals surface area contributed by atoms with Crippen LogP contribution in [0.25, 0.3) is 17.2 Å². The van der Waals surface area contributed by atoms with Crippen LogP contribution in [-0.4, -0.2) is 48.9 Å². The number of likely N-dealkylation sites (tertiary alicyclic amines) is 1. The van der Waals surface area contributed by atoms with E-state index in [0.29, 0.717) is 16.9 Å². The molecule has 1 unspecified atom stereocenters. The van der Waals surface area contributed by atoms with Crippen LogP contribution >= 0.6 is 0 Å². The zero-order chi connectivity index (χ0) is 24.6. The molecule has 1 atom stereocenters. The average molecular weight is 494 g/mol. The minimum atomic E-state index is -1.38. The van der Waals surface area contributed by atoms with E-state index in [2.05, 4.69) is 11.0 Å². The summed E-state index contributed by atoms with van der Waals surface area (Å²) in [5.74, 6) is 0.0000501. The van der Waals surface area contributed by atoms with Gasteiger partial charge in [0.05, 0.1) is 43.3 Å². The standard InChI is InChI=1S/C28H31NO5S/c1-32-27-24(22-14-18-34-19-22)13-12-23(26(27)28(30)33-2)20-35(31)25-11-5-4-9-21(25)10-8-17-29-15-6-3-7-16-29/h4-5,8-14,18-19H,3,6-7,15-17,20H2,1-2H3/b10-8-. The maximum absolute atomic E-state index is 13.5. The van der Waals surface area contributed by atoms with E-state index in [0.717, 1.165) is 35.7 Å². The Labute approximate surface area is 209 Å². The number of rotatable bonds is 9. The second-order valence-electron chi connectivity index (χ2n) is 8.48. The molecule has 0 aliphatic carbocycles. The van der Waals surface area contributed by atoms with Crippen LogP contribution < -0.4 is 4.74 Å². The Kier molecular flexibility index (Phi) is 8.55. The molecule has 0 amide bonds. The lowest BCUT2D eigenvalue weighted by atomic mass is 9.99. The van der Waals surface area contributed by atoms with Crippen LogP contribution in [0.5, 0.6) is 5.75 Å². The van der Waals surface area contributed by atoms with Crippen molar-refractivity contribution in [1.29, 1.82) is 0 Å². The third kappa shape index (κ3) is 5.92. The summed E-state index contributed by atoms with van der Waals surface area (Å²) in [6.07, 6.45) is 11.1. The summed E-state index contributed by atoms with van der Waals surface area (Å²) < 4.78 is 29.4. The number of carbonyl (C=O) groups excluding carboxylic acids is 1. The zero-order valence-electron chi connectivity index (χ0n) is 20.2. The quantitative estimate of drug-likeness (QED) is 0.364. The van der Waals surface area contributed by atoms with Crippen molar-refractivity contribution in [2.24, 2.45) is 0 Å². The lowest BCUT2D eigenvalue weighted by Crippen LogP contribution is -2.29. The average Bonchev–Trinajstić information content (AvgIpc) is 3.43. The van der Waals surface area contributed by atoms with Gasteiger partial charge in [0.2, 0.25) is 0 Å². The van der Waals surface area contributed by atoms with Crippen molar-refractivity contribution >= 4 is 22.8 Å². The van der Waals surface area contributed by atoms with Crippen molar-refractivity contribution < 1.29 is 22.9 Å². The Balaban J connectivity index is 1.61. The van der Waals surface area contributed by atoms with Crippen molar-refractivity contribution in [3.8, 4) is 16.9 Å². The van der Waals surface area contributed by atoms with E-state index in [1.54, 1.807) is 18.6 Å². The van der Waals surface area contributed by atoms with Gasteiger partial charge in [-0.05, 0) is 49.2 Å². The van der Waals surface area contributed by atoms with Crippen molar-refractivity contribution in [1.82, 2.24) is 4.90 Å². The Morgan fingerprint density at radius 2 is 1.89 bits per heavy atom. The van der Waals surface area contributed by atoms with E-state index in [4.69, 9.17) is 13.9 Å². The molecule has 1 fully saturated rings. The van der Waals surface area contributed by atoms with Crippen LogP contribution in [0, 0.1) is 0 Å². The second-order valence-corrected chi connectivity index (χ2v) is 9.89. The highest BCUT2D eigenvalue weighted by Gasteiger charge is 2.24. The van der Waals surface area contributed by atoms with E-state index < -0.39 is 16.8 Å². The molecule has 0 N–H and O–H groups in total. The van der Waals surface area contributed by atoms with E-state index in [-0.39, 0.29) is 11.3 Å². The summed E-state index contributed by atoms with van der Waals surface area (Å²) in [7, 11) is 1.45. The topological polar surface area (TPSA) is 69.0 Å². The minimum absolute atomic E-state index is 0.156. The van der Waals surface area contributed by atoms with Crippen LogP contribution in [0.4, 0.5) is 0 Å². The van der Waals surface area contributed by atoms with Crippen molar-refractivity contribution in [2.75, 3.05) is 33.9 Å². The van der Waals surface area contributed by atoms with Gasteiger partial charge in [-0.3, -0.25) is 9.11 Å². The number of carbonyl (C=O) groups is 1. The van der Waals surface area contributed by atoms with Gasteiger partial charge < -0.3 is 13.9 Å². The number of hydrogen-bond acceptors (Lipinski definition) is 6. The van der Waals surface area contributed by atoms with Crippen molar-refractivity contribution in [3.63, 3.8) is 0 Å². The minimum Gasteiger partial charge on any atom is -0.495 e. The molecule has 7 heteroatoms. The predicted octanol–water partition coefficient (Wildman–Crippen LogP) is 5.55. The third-order valence-corrected chi connectivity index (χ3v) is 7.67. The summed E-state index contributed by atoms with van der Waals surface area (Å²) in [5.41, 5.74) is 3.29. The summed E-state index contributed by atoms with van der Waals surface area (Å²) in [6, 6.07) is 13.2. The molecule has 1 saturated heterocycles. The molecule has 2 heterocycles. The molecule has 0 bridgehead atoms. The maximum Gasteiger partial charge on any atom is 0.341 e. The monoisotopic (exact) mass is 493 g/mol. The summed E-state index contributed by atoms with van der Waals surface area (Å²) in [4.78, 5) is 15.9. The van der Waals surface area contributed by atoms with Crippen LogP contribution in [0.2, 0.25) is 0 Å². The van der Waals surface area contributed by atoms with E-state index in [1.165, 1.54) is 33.5 Å². The molecule has 4 rings (SSSR count). The smallest absolute Gasteiger partial charge is 0.341 e. The first-order chi connectivity index (χ1) is 17.1. The molecule has 0 radical (unpaired) electrons. The number of methoxy groups -OCH3 is 2. The van der Waals surface area contributed by atoms with Crippen LogP contribution in [0.15, 0.2) is 70.4 Å². The molecule has 1 aromatic heterocycles.